The highest BCUT2D eigenvalue weighted by molar-refractivity contribution is 7.90. The standard InChI is InChI=1S/C31H28F3N7O8S/c1-3-38(41(45)37-49-19-39-28(42)24-6-4-5-7-25(24)29(39)43)16-17-48-30(44)36-50(46,47)23-14-12-22(13-15-23)40-26(18-27(35-40)31(32,33)34)21-10-8-20(2)9-11-21/h4-15,18H,3,16-17,19H2,1-2H3,(H,36,44)/b41-37+. The van der Waals surface area contributed by atoms with Crippen molar-refractivity contribution >= 4 is 27.9 Å². The Morgan fingerprint density at radius 1 is 1.02 bits per heavy atom. The van der Waals surface area contributed by atoms with Gasteiger partial charge in [0.1, 0.15) is 13.2 Å². The van der Waals surface area contributed by atoms with Crippen LogP contribution in [0.15, 0.2) is 89.0 Å². The van der Waals surface area contributed by atoms with Crippen LogP contribution in [-0.4, -0.2) is 77.4 Å². The van der Waals surface area contributed by atoms with Gasteiger partial charge in [-0.25, -0.2) is 27.5 Å². The van der Waals surface area contributed by atoms with E-state index in [4.69, 9.17) is 9.57 Å². The fourth-order valence-corrected chi connectivity index (χ4v) is 5.65. The van der Waals surface area contributed by atoms with E-state index in [1.807, 2.05) is 6.92 Å². The third kappa shape index (κ3) is 7.67. The first-order valence-corrected chi connectivity index (χ1v) is 16.2. The third-order valence-corrected chi connectivity index (χ3v) is 8.67. The van der Waals surface area contributed by atoms with E-state index in [-0.39, 0.29) is 40.6 Å². The van der Waals surface area contributed by atoms with Gasteiger partial charge >= 0.3 is 12.3 Å². The number of halogens is 3. The van der Waals surface area contributed by atoms with Crippen LogP contribution in [0.2, 0.25) is 0 Å². The number of aromatic nitrogens is 2. The molecule has 1 aliphatic heterocycles. The number of hydrogen-bond donors (Lipinski definition) is 1. The summed E-state index contributed by atoms with van der Waals surface area (Å²) in [6, 6.07) is 18.4. The molecule has 0 saturated carbocycles. The number of nitrogens with one attached hydrogen (secondary N) is 1. The van der Waals surface area contributed by atoms with E-state index in [1.54, 1.807) is 48.0 Å². The Bertz CT molecular complexity index is 2020. The number of ether oxygens (including phenoxy) is 1. The Hall–Kier alpha value is -5.98. The summed E-state index contributed by atoms with van der Waals surface area (Å²) in [6.45, 7) is 2.08. The SMILES string of the molecule is CCN(CCOC(=O)NS(=O)(=O)c1ccc(-n2nc(C(F)(F)F)cc2-c2ccc(C)cc2)cc1)/[N+]([O-])=N\OCN1C(=O)c2ccccc2C1=O. The summed E-state index contributed by atoms with van der Waals surface area (Å²) >= 11 is 0. The van der Waals surface area contributed by atoms with Crippen LogP contribution in [0.3, 0.4) is 0 Å². The first kappa shape index (κ1) is 35.3. The maximum atomic E-state index is 13.5. The largest absolute Gasteiger partial charge is 0.569 e. The van der Waals surface area contributed by atoms with Crippen molar-refractivity contribution in [3.8, 4) is 16.9 Å². The molecule has 3 amide bonds. The summed E-state index contributed by atoms with van der Waals surface area (Å²) in [5.74, 6) is -1.22. The second-order valence-corrected chi connectivity index (χ2v) is 12.3. The average Bonchev–Trinajstić information content (AvgIpc) is 3.64. The highest BCUT2D eigenvalue weighted by Gasteiger charge is 2.36. The zero-order chi connectivity index (χ0) is 36.2. The van der Waals surface area contributed by atoms with Crippen LogP contribution in [0.25, 0.3) is 16.9 Å². The molecule has 50 heavy (non-hydrogen) atoms. The van der Waals surface area contributed by atoms with Gasteiger partial charge in [0.15, 0.2) is 5.69 Å². The van der Waals surface area contributed by atoms with E-state index in [1.165, 1.54) is 24.3 Å². The van der Waals surface area contributed by atoms with E-state index in [0.29, 0.717) is 5.56 Å². The summed E-state index contributed by atoms with van der Waals surface area (Å²) < 4.78 is 73.8. The van der Waals surface area contributed by atoms with Gasteiger partial charge in [0.25, 0.3) is 21.8 Å². The minimum atomic E-state index is -4.73. The molecule has 0 aliphatic carbocycles. The number of alkyl halides is 3. The molecule has 3 aromatic carbocycles. The van der Waals surface area contributed by atoms with Gasteiger partial charge in [0.2, 0.25) is 12.0 Å². The van der Waals surface area contributed by atoms with Crippen molar-refractivity contribution < 1.29 is 50.5 Å². The molecule has 15 nitrogen and oxygen atoms in total. The molecule has 19 heteroatoms. The second-order valence-electron chi connectivity index (χ2n) is 10.6. The lowest BCUT2D eigenvalue weighted by atomic mass is 10.1. The molecule has 4 aromatic rings. The van der Waals surface area contributed by atoms with E-state index >= 15 is 0 Å². The molecule has 0 radical (unpaired) electrons. The number of nitrogens with zero attached hydrogens (tertiary/aromatic N) is 6. The third-order valence-electron chi connectivity index (χ3n) is 7.34. The maximum absolute atomic E-state index is 13.5. The lowest BCUT2D eigenvalue weighted by molar-refractivity contribution is -0.711. The number of likely N-dealkylation sites (N-methyl/N-ethyl adjacent to an activating group) is 1. The first-order valence-electron chi connectivity index (χ1n) is 14.7. The molecular formula is C31H28F3N7O8S. The zero-order valence-electron chi connectivity index (χ0n) is 26.3. The average molecular weight is 716 g/mol. The Balaban J connectivity index is 1.16. The quantitative estimate of drug-likeness (QED) is 0.0938. The molecule has 0 unspecified atom stereocenters. The van der Waals surface area contributed by atoms with Crippen LogP contribution in [0.1, 0.15) is 38.9 Å². The Morgan fingerprint density at radius 3 is 2.22 bits per heavy atom. The van der Waals surface area contributed by atoms with Gasteiger partial charge < -0.3 is 14.8 Å². The highest BCUT2D eigenvalue weighted by Crippen LogP contribution is 2.33. The van der Waals surface area contributed by atoms with Gasteiger partial charge in [-0.05, 0) is 56.3 Å². The van der Waals surface area contributed by atoms with Crippen molar-refractivity contribution in [2.45, 2.75) is 24.9 Å². The molecule has 1 N–H and O–H groups in total. The number of amides is 3. The van der Waals surface area contributed by atoms with Gasteiger partial charge in [-0.1, -0.05) is 42.0 Å². The van der Waals surface area contributed by atoms with Crippen LogP contribution in [0, 0.1) is 12.1 Å². The van der Waals surface area contributed by atoms with E-state index < -0.39 is 58.0 Å². The summed E-state index contributed by atoms with van der Waals surface area (Å²) in [5.41, 5.74) is 0.824. The van der Waals surface area contributed by atoms with Crippen LogP contribution >= 0.6 is 0 Å². The van der Waals surface area contributed by atoms with Gasteiger partial charge in [-0.15, -0.1) is 5.01 Å². The van der Waals surface area contributed by atoms with Gasteiger partial charge in [-0.2, -0.15) is 18.3 Å². The van der Waals surface area contributed by atoms with Crippen LogP contribution in [0.5, 0.6) is 0 Å². The molecule has 0 saturated heterocycles. The van der Waals surface area contributed by atoms with Gasteiger partial charge in [-0.3, -0.25) is 9.59 Å². The lowest BCUT2D eigenvalue weighted by Crippen LogP contribution is -2.37. The minimum absolute atomic E-state index is 0.0131. The van der Waals surface area contributed by atoms with Crippen molar-refractivity contribution in [1.82, 2.24) is 24.4 Å². The number of sulfonamides is 1. The number of imide groups is 1. The molecule has 1 aromatic heterocycles. The Labute approximate surface area is 282 Å². The van der Waals surface area contributed by atoms with Crippen LogP contribution < -0.4 is 4.72 Å². The molecule has 0 fully saturated rings. The zero-order valence-corrected chi connectivity index (χ0v) is 27.1. The van der Waals surface area contributed by atoms with E-state index in [2.05, 4.69) is 10.4 Å². The first-order chi connectivity index (χ1) is 23.7. The van der Waals surface area contributed by atoms with Gasteiger partial charge in [0, 0.05) is 5.56 Å². The summed E-state index contributed by atoms with van der Waals surface area (Å²) in [5, 5.41) is 20.4. The van der Waals surface area contributed by atoms with Crippen molar-refractivity contribution in [3.05, 3.63) is 106 Å². The van der Waals surface area contributed by atoms with Crippen molar-refractivity contribution in [1.29, 1.82) is 0 Å². The molecule has 0 atom stereocenters. The monoisotopic (exact) mass is 715 g/mol. The predicted octanol–water partition coefficient (Wildman–Crippen LogP) is 4.67. The topological polar surface area (TPSA) is 179 Å². The number of rotatable bonds is 12. The highest BCUT2D eigenvalue weighted by atomic mass is 32.2. The van der Waals surface area contributed by atoms with Crippen molar-refractivity contribution in [2.75, 3.05) is 26.4 Å². The Morgan fingerprint density at radius 2 is 1.64 bits per heavy atom. The molecule has 5 rings (SSSR count). The van der Waals surface area contributed by atoms with Gasteiger partial charge in [0.05, 0.1) is 38.9 Å². The lowest BCUT2D eigenvalue weighted by Gasteiger charge is -2.17. The second kappa shape index (κ2) is 14.2. The number of hydrazine groups is 1. The molecule has 2 heterocycles. The molecule has 262 valence electrons. The van der Waals surface area contributed by atoms with Crippen molar-refractivity contribution in [3.63, 3.8) is 0 Å². The van der Waals surface area contributed by atoms with Crippen molar-refractivity contribution in [2.24, 2.45) is 5.28 Å². The number of benzene rings is 3. The Kier molecular flexibility index (Phi) is 10.1. The number of aryl methyl sites for hydroxylation is 1. The molecule has 0 bridgehead atoms. The normalized spacial score (nSPS) is 13.3. The fraction of sp³-hybridized carbons (Fsp3) is 0.226. The molecule has 1 aliphatic rings. The molecule has 0 spiro atoms. The smallest absolute Gasteiger partial charge is 0.435 e. The summed E-state index contributed by atoms with van der Waals surface area (Å²) in [4.78, 5) is 42.3. The minimum Gasteiger partial charge on any atom is -0.569 e. The summed E-state index contributed by atoms with van der Waals surface area (Å²) in [7, 11) is -4.48. The number of carbonyl (C=O) groups excluding carboxylic acids is 3. The number of hydrogen-bond acceptors (Lipinski definition) is 10. The number of carbonyl (C=O) groups is 3. The number of fused-ring (bicyclic) bond motifs is 1. The molecular weight excluding hydrogens is 687 g/mol. The van der Waals surface area contributed by atoms with Crippen LogP contribution in [-0.2, 0) is 25.8 Å². The van der Waals surface area contributed by atoms with Crippen LogP contribution in [0.4, 0.5) is 18.0 Å². The fourth-order valence-electron chi connectivity index (χ4n) is 4.76. The summed E-state index contributed by atoms with van der Waals surface area (Å²) in [6.07, 6.45) is -6.10. The van der Waals surface area contributed by atoms with E-state index in [9.17, 15) is 41.2 Å². The maximum Gasteiger partial charge on any atom is 0.435 e. The predicted molar refractivity (Wildman–Crippen MR) is 167 cm³/mol. The van der Waals surface area contributed by atoms with E-state index in [0.717, 1.165) is 38.4 Å².